The lowest BCUT2D eigenvalue weighted by atomic mass is 10.1. The fourth-order valence-electron chi connectivity index (χ4n) is 2.03. The molecule has 0 heterocycles. The van der Waals surface area contributed by atoms with E-state index in [-0.39, 0.29) is 5.75 Å². The Kier molecular flexibility index (Phi) is 4.89. The highest BCUT2D eigenvalue weighted by Gasteiger charge is 2.23. The molecule has 2 aromatic rings. The van der Waals surface area contributed by atoms with E-state index in [1.807, 2.05) is 13.0 Å². The van der Waals surface area contributed by atoms with Gasteiger partial charge in [0.2, 0.25) is 0 Å². The van der Waals surface area contributed by atoms with Crippen LogP contribution in [0.4, 0.5) is 0 Å². The summed E-state index contributed by atoms with van der Waals surface area (Å²) in [5, 5.41) is 18.0. The zero-order valence-electron chi connectivity index (χ0n) is 12.6. The lowest BCUT2D eigenvalue weighted by molar-refractivity contribution is 0.0651. The summed E-state index contributed by atoms with van der Waals surface area (Å²) in [4.78, 5) is 21.7. The Hall–Kier alpha value is -2.87. The number of benzene rings is 2. The third-order valence-corrected chi connectivity index (χ3v) is 4.50. The summed E-state index contributed by atoms with van der Waals surface area (Å²) in [6.07, 6.45) is 0.688. The van der Waals surface area contributed by atoms with Gasteiger partial charge in [0.1, 0.15) is 10.6 Å². The molecule has 0 radical (unpaired) electrons. The minimum Gasteiger partial charge on any atom is -0.478 e. The van der Waals surface area contributed by atoms with Crippen molar-refractivity contribution in [3.05, 3.63) is 59.2 Å². The van der Waals surface area contributed by atoms with E-state index in [1.54, 1.807) is 12.1 Å². The van der Waals surface area contributed by atoms with Crippen LogP contribution in [0.3, 0.4) is 0 Å². The summed E-state index contributed by atoms with van der Waals surface area (Å²) in [7, 11) is -4.29. The number of aryl methyl sites for hydroxylation is 1. The highest BCUT2D eigenvalue weighted by atomic mass is 32.2. The Morgan fingerprint density at radius 1 is 1.00 bits per heavy atom. The zero-order valence-corrected chi connectivity index (χ0v) is 13.4. The van der Waals surface area contributed by atoms with Crippen LogP contribution >= 0.6 is 0 Å². The monoisotopic (exact) mass is 350 g/mol. The van der Waals surface area contributed by atoms with E-state index in [2.05, 4.69) is 0 Å². The normalized spacial score (nSPS) is 11.0. The van der Waals surface area contributed by atoms with E-state index in [9.17, 15) is 18.0 Å². The van der Waals surface area contributed by atoms with Gasteiger partial charge in [0.25, 0.3) is 0 Å². The molecule has 0 aliphatic rings. The molecule has 0 unspecified atom stereocenters. The quantitative estimate of drug-likeness (QED) is 0.768. The van der Waals surface area contributed by atoms with E-state index in [1.165, 1.54) is 6.07 Å². The zero-order chi connectivity index (χ0) is 17.9. The fraction of sp³-hybridized carbons (Fsp3) is 0.125. The molecular weight excluding hydrogens is 336 g/mol. The smallest absolute Gasteiger partial charge is 0.339 e. The van der Waals surface area contributed by atoms with Crippen molar-refractivity contribution >= 4 is 22.1 Å². The maximum Gasteiger partial charge on any atom is 0.339 e. The molecule has 0 aliphatic carbocycles. The van der Waals surface area contributed by atoms with Gasteiger partial charge < -0.3 is 14.4 Å². The highest BCUT2D eigenvalue weighted by Crippen LogP contribution is 2.22. The van der Waals surface area contributed by atoms with Crippen LogP contribution in [0.25, 0.3) is 0 Å². The Balaban J connectivity index is 2.43. The van der Waals surface area contributed by atoms with Crippen molar-refractivity contribution in [3.63, 3.8) is 0 Å². The predicted molar refractivity (Wildman–Crippen MR) is 84.0 cm³/mol. The molecule has 0 aliphatic heterocycles. The van der Waals surface area contributed by atoms with Crippen molar-refractivity contribution in [2.75, 3.05) is 0 Å². The molecule has 0 aromatic heterocycles. The number of hydrogen-bond acceptors (Lipinski definition) is 5. The molecule has 0 spiro atoms. The minimum atomic E-state index is -4.29. The first kappa shape index (κ1) is 17.5. The number of carboxylic acid groups (broad SMARTS) is 2. The van der Waals surface area contributed by atoms with Crippen LogP contribution in [-0.2, 0) is 16.5 Å². The van der Waals surface area contributed by atoms with Gasteiger partial charge in [-0.3, -0.25) is 0 Å². The number of carbonyl (C=O) groups is 2. The molecule has 0 bridgehead atoms. The molecule has 24 heavy (non-hydrogen) atoms. The summed E-state index contributed by atoms with van der Waals surface area (Å²) >= 11 is 0. The van der Waals surface area contributed by atoms with Gasteiger partial charge >= 0.3 is 22.1 Å². The van der Waals surface area contributed by atoms with E-state index in [0.29, 0.717) is 6.42 Å². The minimum absolute atomic E-state index is 0.0912. The molecule has 0 atom stereocenters. The molecule has 2 rings (SSSR count). The molecule has 126 valence electrons. The third-order valence-electron chi connectivity index (χ3n) is 3.25. The largest absolute Gasteiger partial charge is 0.478 e. The molecule has 2 aromatic carbocycles. The third kappa shape index (κ3) is 3.72. The van der Waals surface area contributed by atoms with Gasteiger partial charge in [-0.15, -0.1) is 0 Å². The number of hydrogen-bond donors (Lipinski definition) is 2. The van der Waals surface area contributed by atoms with E-state index in [4.69, 9.17) is 14.4 Å². The van der Waals surface area contributed by atoms with Crippen molar-refractivity contribution in [2.45, 2.75) is 18.2 Å². The van der Waals surface area contributed by atoms with Crippen molar-refractivity contribution in [1.82, 2.24) is 0 Å². The lowest BCUT2D eigenvalue weighted by Crippen LogP contribution is -2.14. The molecule has 8 heteroatoms. The maximum atomic E-state index is 12.3. The first-order chi connectivity index (χ1) is 11.2. The van der Waals surface area contributed by atoms with Crippen LogP contribution in [0.1, 0.15) is 33.2 Å². The van der Waals surface area contributed by atoms with Crippen molar-refractivity contribution in [2.24, 2.45) is 0 Å². The molecule has 7 nitrogen and oxygen atoms in total. The fourth-order valence-corrected chi connectivity index (χ4v) is 2.98. The lowest BCUT2D eigenvalue weighted by Gasteiger charge is -2.09. The summed E-state index contributed by atoms with van der Waals surface area (Å²) in [6, 6.07) is 9.15. The Morgan fingerprint density at radius 3 is 2.25 bits per heavy atom. The number of rotatable bonds is 6. The van der Waals surface area contributed by atoms with Crippen LogP contribution in [0.2, 0.25) is 0 Å². The summed E-state index contributed by atoms with van der Waals surface area (Å²) < 4.78 is 29.6. The second kappa shape index (κ2) is 6.71. The van der Waals surface area contributed by atoms with Crippen molar-refractivity contribution in [1.29, 1.82) is 0 Å². The highest BCUT2D eigenvalue weighted by molar-refractivity contribution is 7.87. The Labute approximate surface area is 138 Å². The van der Waals surface area contributed by atoms with Crippen molar-refractivity contribution in [3.8, 4) is 5.75 Å². The van der Waals surface area contributed by atoms with Crippen LogP contribution in [-0.4, -0.2) is 30.6 Å². The van der Waals surface area contributed by atoms with Crippen LogP contribution in [0, 0.1) is 0 Å². The van der Waals surface area contributed by atoms with Gasteiger partial charge in [0.05, 0.1) is 11.1 Å². The Morgan fingerprint density at radius 2 is 1.67 bits per heavy atom. The van der Waals surface area contributed by atoms with E-state index >= 15 is 0 Å². The van der Waals surface area contributed by atoms with Gasteiger partial charge in [-0.2, -0.15) is 8.42 Å². The number of carboxylic acids is 2. The second-order valence-electron chi connectivity index (χ2n) is 4.86. The number of aromatic carboxylic acids is 2. The van der Waals surface area contributed by atoms with Crippen LogP contribution in [0.15, 0.2) is 47.4 Å². The van der Waals surface area contributed by atoms with Gasteiger partial charge in [-0.1, -0.05) is 19.1 Å². The van der Waals surface area contributed by atoms with Gasteiger partial charge in [0.15, 0.2) is 0 Å². The maximum absolute atomic E-state index is 12.3. The summed E-state index contributed by atoms with van der Waals surface area (Å²) in [5.41, 5.74) is -0.265. The molecule has 0 saturated carbocycles. The molecule has 0 fully saturated rings. The van der Waals surface area contributed by atoms with Gasteiger partial charge in [-0.05, 0) is 42.3 Å². The standard InChI is InChI=1S/C16H14O7S/c1-2-10-4-3-5-11(8-10)23-24(21,22)12-6-7-13(15(17)18)14(9-12)16(19)20/h3-9H,2H2,1H3,(H,17,18)(H,19,20). The van der Waals surface area contributed by atoms with Crippen molar-refractivity contribution < 1.29 is 32.4 Å². The summed E-state index contributed by atoms with van der Waals surface area (Å²) in [6.45, 7) is 1.90. The molecular formula is C16H14O7S. The topological polar surface area (TPSA) is 118 Å². The first-order valence-electron chi connectivity index (χ1n) is 6.88. The SMILES string of the molecule is CCc1cccc(OS(=O)(=O)c2ccc(C(=O)O)c(C(=O)O)c2)c1. The second-order valence-corrected chi connectivity index (χ2v) is 6.40. The van der Waals surface area contributed by atoms with Crippen LogP contribution < -0.4 is 4.18 Å². The van der Waals surface area contributed by atoms with Gasteiger partial charge in [-0.25, -0.2) is 9.59 Å². The molecule has 0 saturated heterocycles. The molecule has 2 N–H and O–H groups in total. The van der Waals surface area contributed by atoms with E-state index < -0.39 is 38.1 Å². The van der Waals surface area contributed by atoms with E-state index in [0.717, 1.165) is 23.8 Å². The van der Waals surface area contributed by atoms with Gasteiger partial charge in [0, 0.05) is 0 Å². The predicted octanol–water partition coefficient (Wildman–Crippen LogP) is 2.41. The first-order valence-corrected chi connectivity index (χ1v) is 8.29. The Bertz CT molecular complexity index is 900. The summed E-state index contributed by atoms with van der Waals surface area (Å²) in [5.74, 6) is -2.92. The van der Waals surface area contributed by atoms with Crippen LogP contribution in [0.5, 0.6) is 5.75 Å². The molecule has 0 amide bonds. The average molecular weight is 350 g/mol. The average Bonchev–Trinajstić information content (AvgIpc) is 2.53.